The zero-order chi connectivity index (χ0) is 32.1. The second-order valence-corrected chi connectivity index (χ2v) is 11.5. The Bertz CT molecular complexity index is 1550. The van der Waals surface area contributed by atoms with Gasteiger partial charge in [-0.1, -0.05) is 12.1 Å². The molecule has 0 radical (unpaired) electrons. The number of carbonyl (C=O) groups is 4. The second kappa shape index (κ2) is 13.0. The van der Waals surface area contributed by atoms with Gasteiger partial charge < -0.3 is 45.7 Å². The predicted molar refractivity (Wildman–Crippen MR) is 160 cm³/mol. The number of hydrogen-bond acceptors (Lipinski definition) is 12. The minimum absolute atomic E-state index is 0. The van der Waals surface area contributed by atoms with Crippen molar-refractivity contribution in [1.29, 1.82) is 0 Å². The average molecular weight is 649 g/mol. The van der Waals surface area contributed by atoms with E-state index in [1.54, 1.807) is 6.92 Å². The van der Waals surface area contributed by atoms with Crippen molar-refractivity contribution < 1.29 is 53.8 Å². The standard InChI is InChI=1S/C31H36N2O11.ClH/c1-13-26(36)17(33-20(35)8-5-9-32)10-21(43-13)44-19-12-31(41,14(2)34)11-16-23(19)30(40)25-24(28(16)38)27(37)15-6-4-7-18(42-3)22(15)29(25)39;/h4,6-7,13,17,19,21,26,36,38,40-41H,5,8-12,32H2,1-3H3,(H,33,35);1H/t13?,17?,19?,21?,26?,31-;/m0./s1. The number of ether oxygens (including phenoxy) is 3. The second-order valence-electron chi connectivity index (χ2n) is 11.5. The molecule has 2 aromatic rings. The number of aliphatic hydroxyl groups is 2. The monoisotopic (exact) mass is 648 g/mol. The lowest BCUT2D eigenvalue weighted by atomic mass is 9.72. The van der Waals surface area contributed by atoms with Crippen molar-refractivity contribution in [1.82, 2.24) is 5.32 Å². The molecule has 1 aliphatic heterocycles. The molecule has 45 heavy (non-hydrogen) atoms. The number of benzene rings is 2. The van der Waals surface area contributed by atoms with Crippen molar-refractivity contribution in [2.75, 3.05) is 13.7 Å². The van der Waals surface area contributed by atoms with Crippen LogP contribution in [-0.4, -0.2) is 87.5 Å². The van der Waals surface area contributed by atoms with Gasteiger partial charge in [-0.2, -0.15) is 0 Å². The molecule has 1 heterocycles. The number of methoxy groups -OCH3 is 1. The third kappa shape index (κ3) is 5.91. The lowest BCUT2D eigenvalue weighted by Gasteiger charge is -2.42. The van der Waals surface area contributed by atoms with E-state index in [-0.39, 0.29) is 65.6 Å². The topological polar surface area (TPSA) is 215 Å². The van der Waals surface area contributed by atoms with E-state index in [2.05, 4.69) is 5.32 Å². The molecule has 5 rings (SSSR count). The van der Waals surface area contributed by atoms with Gasteiger partial charge in [-0.25, -0.2) is 0 Å². The molecule has 5 unspecified atom stereocenters. The maximum absolute atomic E-state index is 13.8. The van der Waals surface area contributed by atoms with Crippen LogP contribution in [0.4, 0.5) is 0 Å². The number of amides is 1. The zero-order valence-corrected chi connectivity index (χ0v) is 25.8. The number of phenolic OH excluding ortho intramolecular Hbond substituents is 2. The molecule has 0 saturated carbocycles. The van der Waals surface area contributed by atoms with Gasteiger partial charge in [-0.15, -0.1) is 12.4 Å². The van der Waals surface area contributed by atoms with Gasteiger partial charge in [0.15, 0.2) is 17.9 Å². The number of aromatic hydroxyl groups is 2. The number of aliphatic hydroxyl groups excluding tert-OH is 1. The SMILES string of the molecule is COc1cccc2c1C(=O)c1c(O)c3c(c(O)c1C2=O)C[C@@](O)(C(C)=O)CC3OC1CC(NC(=O)CCCN)C(O)C(C)O1.Cl. The van der Waals surface area contributed by atoms with E-state index in [9.17, 15) is 39.6 Å². The first-order valence-corrected chi connectivity index (χ1v) is 14.4. The van der Waals surface area contributed by atoms with Gasteiger partial charge in [0.25, 0.3) is 0 Å². The normalized spacial score (nSPS) is 27.0. The van der Waals surface area contributed by atoms with Crippen LogP contribution in [0.15, 0.2) is 18.2 Å². The van der Waals surface area contributed by atoms with Crippen LogP contribution in [0.2, 0.25) is 0 Å². The van der Waals surface area contributed by atoms with E-state index in [1.807, 2.05) is 0 Å². The van der Waals surface area contributed by atoms with Crippen LogP contribution in [0.3, 0.4) is 0 Å². The summed E-state index contributed by atoms with van der Waals surface area (Å²) >= 11 is 0. The van der Waals surface area contributed by atoms with E-state index >= 15 is 0 Å². The molecule has 0 aromatic heterocycles. The molecule has 0 bridgehead atoms. The molecule has 244 valence electrons. The number of Topliss-reactive ketones (excluding diaryl/α,β-unsaturated/α-hetero) is 1. The zero-order valence-electron chi connectivity index (χ0n) is 25.0. The first-order valence-electron chi connectivity index (χ1n) is 14.4. The fourth-order valence-electron chi connectivity index (χ4n) is 6.31. The minimum Gasteiger partial charge on any atom is -0.507 e. The molecule has 3 aliphatic rings. The molecular formula is C31H37ClN2O11. The van der Waals surface area contributed by atoms with Crippen LogP contribution in [0.1, 0.15) is 88.6 Å². The van der Waals surface area contributed by atoms with Crippen LogP contribution >= 0.6 is 12.4 Å². The molecule has 1 fully saturated rings. The molecule has 7 N–H and O–H groups in total. The van der Waals surface area contributed by atoms with Gasteiger partial charge in [0, 0.05) is 42.4 Å². The summed E-state index contributed by atoms with van der Waals surface area (Å²) in [4.78, 5) is 52.4. The van der Waals surface area contributed by atoms with Crippen LogP contribution in [0.5, 0.6) is 17.2 Å². The summed E-state index contributed by atoms with van der Waals surface area (Å²) < 4.78 is 17.4. The molecule has 2 aliphatic carbocycles. The van der Waals surface area contributed by atoms with E-state index in [0.29, 0.717) is 13.0 Å². The van der Waals surface area contributed by atoms with Crippen molar-refractivity contribution in [3.8, 4) is 17.2 Å². The van der Waals surface area contributed by atoms with Crippen molar-refractivity contribution in [2.24, 2.45) is 5.73 Å². The Labute approximate surface area is 265 Å². The smallest absolute Gasteiger partial charge is 0.220 e. The van der Waals surface area contributed by atoms with Crippen molar-refractivity contribution in [2.45, 2.75) is 82.2 Å². The summed E-state index contributed by atoms with van der Waals surface area (Å²) in [6.45, 7) is 3.06. The van der Waals surface area contributed by atoms with Gasteiger partial charge in [0.2, 0.25) is 11.7 Å². The molecule has 0 spiro atoms. The fraction of sp³-hybridized carbons (Fsp3) is 0.484. The van der Waals surface area contributed by atoms with Gasteiger partial charge in [0.05, 0.1) is 42.0 Å². The predicted octanol–water partition coefficient (Wildman–Crippen LogP) is 1.35. The first-order chi connectivity index (χ1) is 20.8. The first kappa shape index (κ1) is 34.3. The number of hydrogen-bond donors (Lipinski definition) is 6. The highest BCUT2D eigenvalue weighted by atomic mass is 35.5. The van der Waals surface area contributed by atoms with Crippen molar-refractivity contribution in [3.63, 3.8) is 0 Å². The Morgan fingerprint density at radius 3 is 2.47 bits per heavy atom. The maximum atomic E-state index is 13.8. The van der Waals surface area contributed by atoms with Crippen LogP contribution in [-0.2, 0) is 25.5 Å². The van der Waals surface area contributed by atoms with Gasteiger partial charge >= 0.3 is 0 Å². The third-order valence-corrected chi connectivity index (χ3v) is 8.71. The van der Waals surface area contributed by atoms with Gasteiger partial charge in [0.1, 0.15) is 29.0 Å². The van der Waals surface area contributed by atoms with E-state index in [0.717, 1.165) is 6.92 Å². The molecule has 6 atom stereocenters. The van der Waals surface area contributed by atoms with Crippen molar-refractivity contribution in [3.05, 3.63) is 51.6 Å². The summed E-state index contributed by atoms with van der Waals surface area (Å²) in [5.41, 5.74) is 2.19. The molecule has 1 saturated heterocycles. The maximum Gasteiger partial charge on any atom is 0.220 e. The highest BCUT2D eigenvalue weighted by Gasteiger charge is 2.49. The highest BCUT2D eigenvalue weighted by Crippen LogP contribution is 2.52. The van der Waals surface area contributed by atoms with Gasteiger partial charge in [-0.05, 0) is 32.9 Å². The molecule has 1 amide bonds. The summed E-state index contributed by atoms with van der Waals surface area (Å²) in [6, 6.07) is 3.62. The lowest BCUT2D eigenvalue weighted by Crippen LogP contribution is -2.55. The van der Waals surface area contributed by atoms with Crippen LogP contribution in [0.25, 0.3) is 0 Å². The van der Waals surface area contributed by atoms with Crippen LogP contribution < -0.4 is 15.8 Å². The third-order valence-electron chi connectivity index (χ3n) is 8.71. The Morgan fingerprint density at radius 1 is 1.13 bits per heavy atom. The lowest BCUT2D eigenvalue weighted by molar-refractivity contribution is -0.249. The quantitative estimate of drug-likeness (QED) is 0.191. The number of halogens is 1. The number of phenols is 2. The number of fused-ring (bicyclic) bond motifs is 3. The Hall–Kier alpha value is -3.59. The molecule has 2 aromatic carbocycles. The Balaban J connectivity index is 0.00000461. The number of rotatable bonds is 8. The number of ketones is 3. The molecule has 14 heteroatoms. The van der Waals surface area contributed by atoms with E-state index in [4.69, 9.17) is 19.9 Å². The van der Waals surface area contributed by atoms with E-state index < -0.39 is 82.6 Å². The number of nitrogens with one attached hydrogen (secondary N) is 1. The Kier molecular flexibility index (Phi) is 9.93. The van der Waals surface area contributed by atoms with Crippen molar-refractivity contribution >= 4 is 35.7 Å². The fourth-order valence-corrected chi connectivity index (χ4v) is 6.31. The van der Waals surface area contributed by atoms with Gasteiger partial charge in [-0.3, -0.25) is 19.2 Å². The largest absolute Gasteiger partial charge is 0.507 e. The average Bonchev–Trinajstić information content (AvgIpc) is 2.98. The number of nitrogens with two attached hydrogens (primary N) is 1. The summed E-state index contributed by atoms with van der Waals surface area (Å²) in [5.74, 6) is -3.69. The summed E-state index contributed by atoms with van der Waals surface area (Å²) in [6.07, 6.45) is -4.59. The Morgan fingerprint density at radius 2 is 1.82 bits per heavy atom. The number of carbonyl (C=O) groups excluding carboxylic acids is 4. The van der Waals surface area contributed by atoms with E-state index in [1.165, 1.54) is 25.3 Å². The molecule has 13 nitrogen and oxygen atoms in total. The summed E-state index contributed by atoms with van der Waals surface area (Å²) in [7, 11) is 1.33. The molecular weight excluding hydrogens is 612 g/mol. The highest BCUT2D eigenvalue weighted by molar-refractivity contribution is 6.31. The van der Waals surface area contributed by atoms with Crippen LogP contribution in [0, 0.1) is 0 Å². The minimum atomic E-state index is -2.06. The summed E-state index contributed by atoms with van der Waals surface area (Å²) in [5, 5.41) is 47.9.